The molecule has 21 heavy (non-hydrogen) atoms. The Balaban J connectivity index is 1.71. The maximum Gasteiger partial charge on any atom is 0.231 e. The first-order valence-corrected chi connectivity index (χ1v) is 8.95. The van der Waals surface area contributed by atoms with Crippen LogP contribution >= 0.6 is 0 Å². The Morgan fingerprint density at radius 1 is 1.05 bits per heavy atom. The predicted octanol–water partition coefficient (Wildman–Crippen LogP) is 4.14. The molecule has 0 radical (unpaired) electrons. The summed E-state index contributed by atoms with van der Waals surface area (Å²) in [6, 6.07) is 0.518. The van der Waals surface area contributed by atoms with Crippen molar-refractivity contribution in [3.63, 3.8) is 0 Å². The Bertz CT molecular complexity index is 425. The SMILES string of the molecule is CCCNC1CCCCCC1c1nc(C2CCCC2)no1. The average molecular weight is 291 g/mol. The van der Waals surface area contributed by atoms with Gasteiger partial charge in [0.05, 0.1) is 5.92 Å². The van der Waals surface area contributed by atoms with Crippen LogP contribution in [0.25, 0.3) is 0 Å². The topological polar surface area (TPSA) is 51.0 Å². The molecule has 2 atom stereocenters. The molecule has 3 rings (SSSR count). The van der Waals surface area contributed by atoms with Crippen molar-refractivity contribution in [2.45, 2.75) is 89.0 Å². The smallest absolute Gasteiger partial charge is 0.231 e. The number of nitrogens with zero attached hydrogens (tertiary/aromatic N) is 2. The number of nitrogens with one attached hydrogen (secondary N) is 1. The summed E-state index contributed by atoms with van der Waals surface area (Å²) in [5.74, 6) is 2.84. The quantitative estimate of drug-likeness (QED) is 0.828. The number of rotatable bonds is 5. The molecule has 2 aliphatic rings. The summed E-state index contributed by atoms with van der Waals surface area (Å²) in [7, 11) is 0. The Labute approximate surface area is 128 Å². The summed E-state index contributed by atoms with van der Waals surface area (Å²) in [6.07, 6.45) is 12.7. The summed E-state index contributed by atoms with van der Waals surface area (Å²) in [6.45, 7) is 3.31. The van der Waals surface area contributed by atoms with Crippen molar-refractivity contribution >= 4 is 0 Å². The molecular formula is C17H29N3O. The highest BCUT2D eigenvalue weighted by atomic mass is 16.5. The number of hydrogen-bond donors (Lipinski definition) is 1. The van der Waals surface area contributed by atoms with E-state index < -0.39 is 0 Å². The van der Waals surface area contributed by atoms with Crippen molar-refractivity contribution in [3.8, 4) is 0 Å². The standard InChI is InChI=1S/C17H29N3O/c1-2-12-18-15-11-5-3-4-10-14(15)17-19-16(20-21-17)13-8-6-7-9-13/h13-15,18H,2-12H2,1H3. The fourth-order valence-corrected chi connectivity index (χ4v) is 3.92. The first-order valence-electron chi connectivity index (χ1n) is 8.95. The molecule has 2 unspecified atom stereocenters. The second-order valence-electron chi connectivity index (χ2n) is 6.78. The van der Waals surface area contributed by atoms with E-state index in [1.807, 2.05) is 0 Å². The zero-order valence-electron chi connectivity index (χ0n) is 13.3. The molecule has 4 nitrogen and oxygen atoms in total. The van der Waals surface area contributed by atoms with Crippen LogP contribution in [0.2, 0.25) is 0 Å². The normalized spacial score (nSPS) is 27.9. The minimum Gasteiger partial charge on any atom is -0.339 e. The van der Waals surface area contributed by atoms with Gasteiger partial charge in [0.2, 0.25) is 5.89 Å². The molecule has 2 saturated carbocycles. The van der Waals surface area contributed by atoms with Gasteiger partial charge >= 0.3 is 0 Å². The number of aromatic nitrogens is 2. The molecule has 0 aliphatic heterocycles. The third-order valence-corrected chi connectivity index (χ3v) is 5.17. The Morgan fingerprint density at radius 2 is 1.81 bits per heavy atom. The van der Waals surface area contributed by atoms with Crippen LogP contribution in [-0.2, 0) is 0 Å². The monoisotopic (exact) mass is 291 g/mol. The molecule has 2 aliphatic carbocycles. The van der Waals surface area contributed by atoms with Gasteiger partial charge in [0.25, 0.3) is 0 Å². The first kappa shape index (κ1) is 15.0. The van der Waals surface area contributed by atoms with Crippen molar-refractivity contribution < 1.29 is 4.52 Å². The molecule has 1 aromatic heterocycles. The van der Waals surface area contributed by atoms with Crippen LogP contribution in [0.1, 0.15) is 94.7 Å². The Kier molecular flexibility index (Phi) is 5.28. The van der Waals surface area contributed by atoms with E-state index in [9.17, 15) is 0 Å². The van der Waals surface area contributed by atoms with E-state index in [1.165, 1.54) is 64.2 Å². The van der Waals surface area contributed by atoms with E-state index in [0.29, 0.717) is 17.9 Å². The molecule has 0 amide bonds. The molecule has 0 aromatic carbocycles. The summed E-state index contributed by atoms with van der Waals surface area (Å²) in [4.78, 5) is 4.80. The van der Waals surface area contributed by atoms with Gasteiger partial charge in [-0.2, -0.15) is 4.98 Å². The van der Waals surface area contributed by atoms with E-state index in [-0.39, 0.29) is 0 Å². The van der Waals surface area contributed by atoms with Gasteiger partial charge < -0.3 is 9.84 Å². The van der Waals surface area contributed by atoms with E-state index in [1.54, 1.807) is 0 Å². The Morgan fingerprint density at radius 3 is 2.62 bits per heavy atom. The van der Waals surface area contributed by atoms with Crippen molar-refractivity contribution in [1.29, 1.82) is 0 Å². The second kappa shape index (κ2) is 7.39. The van der Waals surface area contributed by atoms with Crippen molar-refractivity contribution in [2.75, 3.05) is 6.54 Å². The molecule has 1 aromatic rings. The zero-order chi connectivity index (χ0) is 14.5. The van der Waals surface area contributed by atoms with Crippen LogP contribution in [0, 0.1) is 0 Å². The summed E-state index contributed by atoms with van der Waals surface area (Å²) in [5.41, 5.74) is 0. The Hall–Kier alpha value is -0.900. The summed E-state index contributed by atoms with van der Waals surface area (Å²) in [5, 5.41) is 8.02. The van der Waals surface area contributed by atoms with Gasteiger partial charge in [0, 0.05) is 12.0 Å². The van der Waals surface area contributed by atoms with Crippen LogP contribution in [0.15, 0.2) is 4.52 Å². The lowest BCUT2D eigenvalue weighted by Crippen LogP contribution is -2.35. The van der Waals surface area contributed by atoms with E-state index >= 15 is 0 Å². The first-order chi connectivity index (χ1) is 10.4. The fraction of sp³-hybridized carbons (Fsp3) is 0.882. The van der Waals surface area contributed by atoms with E-state index in [2.05, 4.69) is 17.4 Å². The second-order valence-corrected chi connectivity index (χ2v) is 6.78. The van der Waals surface area contributed by atoms with Gasteiger partial charge in [-0.1, -0.05) is 44.2 Å². The molecule has 0 spiro atoms. The molecule has 2 fully saturated rings. The van der Waals surface area contributed by atoms with Crippen LogP contribution < -0.4 is 5.32 Å². The third kappa shape index (κ3) is 3.65. The van der Waals surface area contributed by atoms with Crippen molar-refractivity contribution in [1.82, 2.24) is 15.5 Å². The molecule has 0 bridgehead atoms. The van der Waals surface area contributed by atoms with Crippen LogP contribution in [0.5, 0.6) is 0 Å². The molecule has 118 valence electrons. The number of hydrogen-bond acceptors (Lipinski definition) is 4. The highest BCUT2D eigenvalue weighted by molar-refractivity contribution is 5.04. The molecule has 0 saturated heterocycles. The summed E-state index contributed by atoms with van der Waals surface area (Å²) < 4.78 is 5.68. The van der Waals surface area contributed by atoms with E-state index in [0.717, 1.165) is 18.3 Å². The minimum absolute atomic E-state index is 0.418. The van der Waals surface area contributed by atoms with Gasteiger partial charge in [-0.05, 0) is 38.6 Å². The van der Waals surface area contributed by atoms with Crippen LogP contribution in [-0.4, -0.2) is 22.7 Å². The molecule has 4 heteroatoms. The lowest BCUT2D eigenvalue weighted by atomic mass is 9.94. The van der Waals surface area contributed by atoms with Gasteiger partial charge in [0.15, 0.2) is 5.82 Å². The van der Waals surface area contributed by atoms with E-state index in [4.69, 9.17) is 9.51 Å². The van der Waals surface area contributed by atoms with Gasteiger partial charge in [-0.15, -0.1) is 0 Å². The largest absolute Gasteiger partial charge is 0.339 e. The van der Waals surface area contributed by atoms with Gasteiger partial charge in [-0.25, -0.2) is 0 Å². The molecular weight excluding hydrogens is 262 g/mol. The lowest BCUT2D eigenvalue weighted by Gasteiger charge is -2.23. The average Bonchev–Trinajstić information content (AvgIpc) is 3.13. The zero-order valence-corrected chi connectivity index (χ0v) is 13.3. The maximum absolute atomic E-state index is 5.68. The predicted molar refractivity (Wildman–Crippen MR) is 83.4 cm³/mol. The highest BCUT2D eigenvalue weighted by Crippen LogP contribution is 2.35. The van der Waals surface area contributed by atoms with Crippen molar-refractivity contribution in [2.24, 2.45) is 0 Å². The van der Waals surface area contributed by atoms with Crippen LogP contribution in [0.3, 0.4) is 0 Å². The minimum atomic E-state index is 0.418. The molecule has 1 heterocycles. The van der Waals surface area contributed by atoms with Crippen LogP contribution in [0.4, 0.5) is 0 Å². The van der Waals surface area contributed by atoms with Gasteiger partial charge in [0.1, 0.15) is 0 Å². The van der Waals surface area contributed by atoms with Crippen molar-refractivity contribution in [3.05, 3.63) is 11.7 Å². The maximum atomic E-state index is 5.68. The van der Waals surface area contributed by atoms with Gasteiger partial charge in [-0.3, -0.25) is 0 Å². The lowest BCUT2D eigenvalue weighted by molar-refractivity contribution is 0.301. The third-order valence-electron chi connectivity index (χ3n) is 5.17. The summed E-state index contributed by atoms with van der Waals surface area (Å²) >= 11 is 0. The highest BCUT2D eigenvalue weighted by Gasteiger charge is 2.31. The fourth-order valence-electron chi connectivity index (χ4n) is 3.92. The molecule has 1 N–H and O–H groups in total.